The molecule has 0 aromatic carbocycles. The topological polar surface area (TPSA) is 94.0 Å². The third kappa shape index (κ3) is 3.88. The van der Waals surface area contributed by atoms with Crippen LogP contribution in [0.15, 0.2) is 4.52 Å². The number of nitrogens with two attached hydrogens (primary N) is 1. The van der Waals surface area contributed by atoms with E-state index in [9.17, 15) is 4.79 Å². The molecule has 14 heavy (non-hydrogen) atoms. The number of aromatic nitrogens is 2. The quantitative estimate of drug-likeness (QED) is 0.647. The zero-order valence-electron chi connectivity index (χ0n) is 8.12. The Morgan fingerprint density at radius 1 is 1.57 bits per heavy atom. The summed E-state index contributed by atoms with van der Waals surface area (Å²) in [6, 6.07) is 0.418. The minimum Gasteiger partial charge on any atom is -0.370 e. The SMILES string of the molecule is Cc1noc(NCCCCC(N)=O)n1. The number of amides is 1. The third-order valence-corrected chi connectivity index (χ3v) is 1.65. The molecule has 6 heteroatoms. The van der Waals surface area contributed by atoms with Crippen LogP contribution < -0.4 is 11.1 Å². The smallest absolute Gasteiger partial charge is 0.321 e. The van der Waals surface area contributed by atoms with Gasteiger partial charge >= 0.3 is 6.01 Å². The van der Waals surface area contributed by atoms with E-state index in [1.54, 1.807) is 6.92 Å². The van der Waals surface area contributed by atoms with Crippen LogP contribution in [-0.2, 0) is 4.79 Å². The number of aryl methyl sites for hydroxylation is 1. The predicted octanol–water partition coefficient (Wildman–Crippen LogP) is 0.446. The third-order valence-electron chi connectivity index (χ3n) is 1.65. The van der Waals surface area contributed by atoms with Crippen molar-refractivity contribution in [3.05, 3.63) is 5.82 Å². The molecule has 0 saturated heterocycles. The summed E-state index contributed by atoms with van der Waals surface area (Å²) < 4.78 is 4.83. The molecule has 1 amide bonds. The molecule has 0 atom stereocenters. The van der Waals surface area contributed by atoms with E-state index in [0.29, 0.717) is 24.8 Å². The molecule has 0 aliphatic rings. The fourth-order valence-corrected chi connectivity index (χ4v) is 0.988. The van der Waals surface area contributed by atoms with Gasteiger partial charge in [0.05, 0.1) is 0 Å². The highest BCUT2D eigenvalue weighted by Gasteiger charge is 2.00. The minimum absolute atomic E-state index is 0.265. The van der Waals surface area contributed by atoms with Gasteiger partial charge in [0, 0.05) is 13.0 Å². The zero-order valence-corrected chi connectivity index (χ0v) is 8.12. The Hall–Kier alpha value is -1.59. The highest BCUT2D eigenvalue weighted by molar-refractivity contribution is 5.73. The molecular formula is C8H14N4O2. The van der Waals surface area contributed by atoms with Gasteiger partial charge in [-0.1, -0.05) is 5.16 Å². The van der Waals surface area contributed by atoms with Crippen molar-refractivity contribution in [3.63, 3.8) is 0 Å². The lowest BCUT2D eigenvalue weighted by molar-refractivity contribution is -0.118. The number of carbonyl (C=O) groups is 1. The van der Waals surface area contributed by atoms with Crippen LogP contribution in [0.25, 0.3) is 0 Å². The molecule has 0 unspecified atom stereocenters. The number of nitrogens with zero attached hydrogens (tertiary/aromatic N) is 2. The van der Waals surface area contributed by atoms with Gasteiger partial charge in [0.25, 0.3) is 0 Å². The van der Waals surface area contributed by atoms with Gasteiger partial charge in [-0.3, -0.25) is 4.79 Å². The first-order valence-electron chi connectivity index (χ1n) is 4.51. The Labute approximate surface area is 81.9 Å². The fourth-order valence-electron chi connectivity index (χ4n) is 0.988. The van der Waals surface area contributed by atoms with E-state index in [-0.39, 0.29) is 5.91 Å². The number of hydrogen-bond donors (Lipinski definition) is 2. The summed E-state index contributed by atoms with van der Waals surface area (Å²) in [6.45, 7) is 2.46. The summed E-state index contributed by atoms with van der Waals surface area (Å²) in [7, 11) is 0. The Morgan fingerprint density at radius 3 is 2.93 bits per heavy atom. The van der Waals surface area contributed by atoms with Crippen LogP contribution in [0, 0.1) is 6.92 Å². The van der Waals surface area contributed by atoms with Crippen molar-refractivity contribution in [1.82, 2.24) is 10.1 Å². The lowest BCUT2D eigenvalue weighted by atomic mass is 10.2. The number of anilines is 1. The van der Waals surface area contributed by atoms with E-state index in [4.69, 9.17) is 10.3 Å². The number of nitrogens with one attached hydrogen (secondary N) is 1. The van der Waals surface area contributed by atoms with Crippen LogP contribution in [0.4, 0.5) is 6.01 Å². The van der Waals surface area contributed by atoms with Gasteiger partial charge in [0.2, 0.25) is 5.91 Å². The number of hydrogen-bond acceptors (Lipinski definition) is 5. The summed E-state index contributed by atoms with van der Waals surface area (Å²) >= 11 is 0. The molecule has 6 nitrogen and oxygen atoms in total. The van der Waals surface area contributed by atoms with E-state index in [1.807, 2.05) is 0 Å². The number of rotatable bonds is 6. The Kier molecular flexibility index (Phi) is 3.90. The monoisotopic (exact) mass is 198 g/mol. The van der Waals surface area contributed by atoms with Crippen molar-refractivity contribution < 1.29 is 9.32 Å². The lowest BCUT2D eigenvalue weighted by Crippen LogP contribution is -2.10. The average molecular weight is 198 g/mol. The van der Waals surface area contributed by atoms with E-state index < -0.39 is 0 Å². The fraction of sp³-hybridized carbons (Fsp3) is 0.625. The van der Waals surface area contributed by atoms with Crippen molar-refractivity contribution in [3.8, 4) is 0 Å². The first kappa shape index (κ1) is 10.5. The second kappa shape index (κ2) is 5.21. The van der Waals surface area contributed by atoms with Gasteiger partial charge < -0.3 is 15.6 Å². The summed E-state index contributed by atoms with van der Waals surface area (Å²) in [6.07, 6.45) is 2.05. The first-order valence-corrected chi connectivity index (χ1v) is 4.51. The molecule has 1 rings (SSSR count). The maximum atomic E-state index is 10.4. The molecule has 0 spiro atoms. The largest absolute Gasteiger partial charge is 0.370 e. The molecule has 0 radical (unpaired) electrons. The van der Waals surface area contributed by atoms with Crippen molar-refractivity contribution >= 4 is 11.9 Å². The molecule has 3 N–H and O–H groups in total. The Morgan fingerprint density at radius 2 is 2.36 bits per heavy atom. The van der Waals surface area contributed by atoms with Crippen molar-refractivity contribution in [2.24, 2.45) is 5.73 Å². The van der Waals surface area contributed by atoms with Crippen LogP contribution in [0.2, 0.25) is 0 Å². The molecule has 0 aliphatic carbocycles. The highest BCUT2D eigenvalue weighted by atomic mass is 16.5. The second-order valence-electron chi connectivity index (χ2n) is 3.00. The maximum absolute atomic E-state index is 10.4. The summed E-state index contributed by atoms with van der Waals surface area (Å²) in [5, 5.41) is 6.57. The van der Waals surface area contributed by atoms with Crippen LogP contribution in [0.1, 0.15) is 25.1 Å². The van der Waals surface area contributed by atoms with Crippen LogP contribution in [0.5, 0.6) is 0 Å². The normalized spacial score (nSPS) is 10.1. The van der Waals surface area contributed by atoms with Crippen molar-refractivity contribution in [2.75, 3.05) is 11.9 Å². The van der Waals surface area contributed by atoms with Gasteiger partial charge in [-0.15, -0.1) is 0 Å². The minimum atomic E-state index is -0.265. The lowest BCUT2D eigenvalue weighted by Gasteiger charge is -1.98. The van der Waals surface area contributed by atoms with Gasteiger partial charge in [0.1, 0.15) is 0 Å². The van der Waals surface area contributed by atoms with E-state index in [2.05, 4.69) is 15.5 Å². The standard InChI is InChI=1S/C8H14N4O2/c1-6-11-8(14-12-6)10-5-3-2-4-7(9)13/h2-5H2,1H3,(H2,9,13)(H,10,11,12). The predicted molar refractivity (Wildman–Crippen MR) is 50.6 cm³/mol. The maximum Gasteiger partial charge on any atom is 0.321 e. The van der Waals surface area contributed by atoms with E-state index in [1.165, 1.54) is 0 Å². The molecule has 0 bridgehead atoms. The summed E-state index contributed by atoms with van der Waals surface area (Å²) in [5.74, 6) is 0.336. The molecule has 78 valence electrons. The molecular weight excluding hydrogens is 184 g/mol. The van der Waals surface area contributed by atoms with Gasteiger partial charge in [-0.05, 0) is 19.8 Å². The zero-order chi connectivity index (χ0) is 10.4. The van der Waals surface area contributed by atoms with Crippen LogP contribution >= 0.6 is 0 Å². The second-order valence-corrected chi connectivity index (χ2v) is 3.00. The van der Waals surface area contributed by atoms with Crippen LogP contribution in [-0.4, -0.2) is 22.6 Å². The van der Waals surface area contributed by atoms with Crippen molar-refractivity contribution in [2.45, 2.75) is 26.2 Å². The molecule has 1 heterocycles. The van der Waals surface area contributed by atoms with Crippen LogP contribution in [0.3, 0.4) is 0 Å². The van der Waals surface area contributed by atoms with Crippen molar-refractivity contribution in [1.29, 1.82) is 0 Å². The Bertz CT molecular complexity index is 297. The molecule has 0 saturated carbocycles. The van der Waals surface area contributed by atoms with Gasteiger partial charge in [-0.25, -0.2) is 0 Å². The number of unbranched alkanes of at least 4 members (excludes halogenated alkanes) is 1. The van der Waals surface area contributed by atoms with Gasteiger partial charge in [-0.2, -0.15) is 4.98 Å². The van der Waals surface area contributed by atoms with E-state index in [0.717, 1.165) is 12.8 Å². The highest BCUT2D eigenvalue weighted by Crippen LogP contribution is 2.02. The average Bonchev–Trinajstić information content (AvgIpc) is 2.50. The number of carbonyl (C=O) groups excluding carboxylic acids is 1. The molecule has 1 aromatic heterocycles. The number of primary amides is 1. The first-order chi connectivity index (χ1) is 6.68. The molecule has 0 fully saturated rings. The van der Waals surface area contributed by atoms with Gasteiger partial charge in [0.15, 0.2) is 5.82 Å². The Balaban J connectivity index is 2.07. The summed E-state index contributed by atoms with van der Waals surface area (Å²) in [5.41, 5.74) is 4.99. The summed E-state index contributed by atoms with van der Waals surface area (Å²) in [4.78, 5) is 14.4. The molecule has 0 aliphatic heterocycles. The molecule has 1 aromatic rings. The van der Waals surface area contributed by atoms with E-state index >= 15 is 0 Å².